The van der Waals surface area contributed by atoms with E-state index in [1.165, 1.54) is 12.1 Å². The van der Waals surface area contributed by atoms with E-state index in [0.29, 0.717) is 6.54 Å². The Morgan fingerprint density at radius 2 is 1.76 bits per heavy atom. The summed E-state index contributed by atoms with van der Waals surface area (Å²) in [4.78, 5) is 6.52. The molecule has 1 aromatic carbocycles. The lowest BCUT2D eigenvalue weighted by Crippen LogP contribution is -2.41. The van der Waals surface area contributed by atoms with Crippen molar-refractivity contribution >= 4 is 29.9 Å². The first kappa shape index (κ1) is 20.1. The van der Waals surface area contributed by atoms with Crippen LogP contribution in [0.2, 0.25) is 0 Å². The van der Waals surface area contributed by atoms with E-state index < -0.39 is 0 Å². The molecule has 1 rings (SSSR count). The Bertz CT molecular complexity index is 405. The van der Waals surface area contributed by atoms with Gasteiger partial charge in [-0.3, -0.25) is 4.99 Å². The maximum absolute atomic E-state index is 12.8. The fraction of sp³-hybridized carbons (Fsp3) is 0.533. The van der Waals surface area contributed by atoms with Crippen LogP contribution in [0.25, 0.3) is 0 Å². The molecular weight excluding hydrogens is 382 g/mol. The van der Waals surface area contributed by atoms with Crippen molar-refractivity contribution in [3.63, 3.8) is 0 Å². The van der Waals surface area contributed by atoms with Crippen LogP contribution in [0.5, 0.6) is 0 Å². The Kier molecular flexibility index (Phi) is 11.2. The summed E-state index contributed by atoms with van der Waals surface area (Å²) < 4.78 is 12.8. The molecular formula is C15H26FIN4. The van der Waals surface area contributed by atoms with Gasteiger partial charge in [0.25, 0.3) is 0 Å². The van der Waals surface area contributed by atoms with Crippen LogP contribution < -0.4 is 10.6 Å². The molecule has 0 aliphatic rings. The van der Waals surface area contributed by atoms with Gasteiger partial charge in [0, 0.05) is 26.7 Å². The fourth-order valence-corrected chi connectivity index (χ4v) is 1.88. The summed E-state index contributed by atoms with van der Waals surface area (Å²) in [6, 6.07) is 6.47. The molecule has 0 heterocycles. The van der Waals surface area contributed by atoms with Crippen LogP contribution >= 0.6 is 24.0 Å². The summed E-state index contributed by atoms with van der Waals surface area (Å²) in [5, 5.41) is 6.49. The Labute approximate surface area is 144 Å². The number of likely N-dealkylation sites (N-methyl/N-ethyl adjacent to an activating group) is 1. The number of nitrogens with one attached hydrogen (secondary N) is 2. The van der Waals surface area contributed by atoms with Crippen LogP contribution in [0.3, 0.4) is 0 Å². The second-order valence-corrected chi connectivity index (χ2v) is 4.51. The molecule has 0 spiro atoms. The lowest BCUT2D eigenvalue weighted by atomic mass is 10.2. The molecule has 0 saturated carbocycles. The van der Waals surface area contributed by atoms with Crippen LogP contribution in [0, 0.1) is 5.82 Å². The van der Waals surface area contributed by atoms with E-state index in [0.717, 1.165) is 37.7 Å². The highest BCUT2D eigenvalue weighted by Crippen LogP contribution is 2.01. The van der Waals surface area contributed by atoms with Gasteiger partial charge in [0.15, 0.2) is 5.96 Å². The molecule has 4 nitrogen and oxygen atoms in total. The van der Waals surface area contributed by atoms with Crippen molar-refractivity contribution in [3.8, 4) is 0 Å². The lowest BCUT2D eigenvalue weighted by Gasteiger charge is -2.19. The van der Waals surface area contributed by atoms with Gasteiger partial charge in [-0.1, -0.05) is 26.0 Å². The molecule has 0 radical (unpaired) electrons. The molecule has 0 fully saturated rings. The molecule has 0 aliphatic heterocycles. The third-order valence-corrected chi connectivity index (χ3v) is 3.21. The number of hydrogen-bond donors (Lipinski definition) is 2. The van der Waals surface area contributed by atoms with E-state index in [4.69, 9.17) is 0 Å². The first-order chi connectivity index (χ1) is 9.69. The monoisotopic (exact) mass is 408 g/mol. The van der Waals surface area contributed by atoms with Gasteiger partial charge in [0.1, 0.15) is 5.82 Å². The first-order valence-corrected chi connectivity index (χ1v) is 7.10. The Morgan fingerprint density at radius 3 is 2.29 bits per heavy atom. The molecule has 0 amide bonds. The highest BCUT2D eigenvalue weighted by Gasteiger charge is 2.01. The summed E-state index contributed by atoms with van der Waals surface area (Å²) in [6.45, 7) is 8.90. The van der Waals surface area contributed by atoms with E-state index in [1.54, 1.807) is 19.2 Å². The van der Waals surface area contributed by atoms with Gasteiger partial charge in [-0.25, -0.2) is 4.39 Å². The van der Waals surface area contributed by atoms with E-state index in [2.05, 4.69) is 34.4 Å². The van der Waals surface area contributed by atoms with Gasteiger partial charge in [0.2, 0.25) is 0 Å². The smallest absolute Gasteiger partial charge is 0.191 e. The second-order valence-electron chi connectivity index (χ2n) is 4.51. The third-order valence-electron chi connectivity index (χ3n) is 3.21. The minimum atomic E-state index is -0.213. The topological polar surface area (TPSA) is 39.7 Å². The highest BCUT2D eigenvalue weighted by atomic mass is 127. The van der Waals surface area contributed by atoms with E-state index in [1.807, 2.05) is 0 Å². The molecule has 0 aliphatic carbocycles. The Balaban J connectivity index is 0.00000400. The SMILES string of the molecule is CCN(CC)CCNC(=NC)NCc1ccc(F)cc1.I. The number of hydrogen-bond acceptors (Lipinski definition) is 2. The number of nitrogens with zero attached hydrogens (tertiary/aromatic N) is 2. The minimum Gasteiger partial charge on any atom is -0.355 e. The molecule has 0 bridgehead atoms. The molecule has 0 aromatic heterocycles. The largest absolute Gasteiger partial charge is 0.355 e. The van der Waals surface area contributed by atoms with Crippen molar-refractivity contribution in [2.45, 2.75) is 20.4 Å². The van der Waals surface area contributed by atoms with Gasteiger partial charge in [-0.2, -0.15) is 0 Å². The van der Waals surface area contributed by atoms with E-state index >= 15 is 0 Å². The molecule has 120 valence electrons. The number of aliphatic imine (C=N–C) groups is 1. The quantitative estimate of drug-likeness (QED) is 0.414. The van der Waals surface area contributed by atoms with Crippen molar-refractivity contribution in [1.29, 1.82) is 0 Å². The standard InChI is InChI=1S/C15H25FN4.HI/c1-4-20(5-2)11-10-18-15(17-3)19-12-13-6-8-14(16)9-7-13;/h6-9H,4-5,10-12H2,1-3H3,(H2,17,18,19);1H. The van der Waals surface area contributed by atoms with Crippen molar-refractivity contribution in [3.05, 3.63) is 35.6 Å². The van der Waals surface area contributed by atoms with Gasteiger partial charge >= 0.3 is 0 Å². The van der Waals surface area contributed by atoms with Crippen LogP contribution in [-0.4, -0.2) is 44.1 Å². The number of halogens is 2. The third kappa shape index (κ3) is 8.21. The predicted octanol–water partition coefficient (Wildman–Crippen LogP) is 2.45. The zero-order valence-corrected chi connectivity index (χ0v) is 15.4. The maximum Gasteiger partial charge on any atom is 0.191 e. The molecule has 0 atom stereocenters. The molecule has 21 heavy (non-hydrogen) atoms. The Hall–Kier alpha value is -0.890. The first-order valence-electron chi connectivity index (χ1n) is 7.10. The van der Waals surface area contributed by atoms with Gasteiger partial charge in [-0.15, -0.1) is 24.0 Å². The predicted molar refractivity (Wildman–Crippen MR) is 97.8 cm³/mol. The fourth-order valence-electron chi connectivity index (χ4n) is 1.88. The summed E-state index contributed by atoms with van der Waals surface area (Å²) >= 11 is 0. The minimum absolute atomic E-state index is 0. The lowest BCUT2D eigenvalue weighted by molar-refractivity contribution is 0.308. The average Bonchev–Trinajstić information content (AvgIpc) is 2.48. The average molecular weight is 408 g/mol. The van der Waals surface area contributed by atoms with E-state index in [9.17, 15) is 4.39 Å². The van der Waals surface area contributed by atoms with Gasteiger partial charge in [-0.05, 0) is 30.8 Å². The summed E-state index contributed by atoms with van der Waals surface area (Å²) in [7, 11) is 1.75. The summed E-state index contributed by atoms with van der Waals surface area (Å²) in [5.74, 6) is 0.553. The van der Waals surface area contributed by atoms with Crippen LogP contribution in [-0.2, 0) is 6.54 Å². The normalized spacial score (nSPS) is 11.2. The Morgan fingerprint density at radius 1 is 1.14 bits per heavy atom. The number of guanidine groups is 1. The zero-order valence-electron chi connectivity index (χ0n) is 13.0. The van der Waals surface area contributed by atoms with Gasteiger partial charge < -0.3 is 15.5 Å². The highest BCUT2D eigenvalue weighted by molar-refractivity contribution is 14.0. The summed E-state index contributed by atoms with van der Waals surface area (Å²) in [6.07, 6.45) is 0. The maximum atomic E-state index is 12.8. The van der Waals surface area contributed by atoms with Crippen molar-refractivity contribution in [1.82, 2.24) is 15.5 Å². The van der Waals surface area contributed by atoms with Crippen molar-refractivity contribution in [2.75, 3.05) is 33.2 Å². The zero-order chi connectivity index (χ0) is 14.8. The van der Waals surface area contributed by atoms with Gasteiger partial charge in [0.05, 0.1) is 0 Å². The molecule has 2 N–H and O–H groups in total. The van der Waals surface area contributed by atoms with Crippen LogP contribution in [0.15, 0.2) is 29.3 Å². The van der Waals surface area contributed by atoms with Crippen LogP contribution in [0.1, 0.15) is 19.4 Å². The molecule has 1 aromatic rings. The molecule has 0 saturated heterocycles. The van der Waals surface area contributed by atoms with Crippen LogP contribution in [0.4, 0.5) is 4.39 Å². The number of benzene rings is 1. The summed E-state index contributed by atoms with van der Waals surface area (Å²) in [5.41, 5.74) is 1.03. The molecule has 0 unspecified atom stereocenters. The number of rotatable bonds is 7. The second kappa shape index (κ2) is 11.7. The van der Waals surface area contributed by atoms with E-state index in [-0.39, 0.29) is 29.8 Å². The molecule has 6 heteroatoms. The van der Waals surface area contributed by atoms with Crippen molar-refractivity contribution in [2.24, 2.45) is 4.99 Å². The van der Waals surface area contributed by atoms with Crippen molar-refractivity contribution < 1.29 is 4.39 Å².